The molecule has 5 aromatic rings. The van der Waals surface area contributed by atoms with Gasteiger partial charge in [-0.05, 0) is 48.4 Å². The van der Waals surface area contributed by atoms with Crippen molar-refractivity contribution >= 4 is 56.2 Å². The average molecular weight is 541 g/mol. The molecular weight excluding hydrogens is 516 g/mol. The van der Waals surface area contributed by atoms with Crippen LogP contribution < -0.4 is 15.5 Å². The van der Waals surface area contributed by atoms with E-state index in [9.17, 15) is 9.59 Å². The molecule has 0 atom stereocenters. The molecular formula is C27H24N8O3S. The van der Waals surface area contributed by atoms with Gasteiger partial charge in [-0.3, -0.25) is 9.59 Å². The van der Waals surface area contributed by atoms with Crippen molar-refractivity contribution in [3.05, 3.63) is 83.4 Å². The van der Waals surface area contributed by atoms with Gasteiger partial charge in [-0.25, -0.2) is 19.9 Å². The second kappa shape index (κ2) is 10.1. The van der Waals surface area contributed by atoms with E-state index >= 15 is 0 Å². The van der Waals surface area contributed by atoms with E-state index in [0.717, 1.165) is 32.0 Å². The first-order chi connectivity index (χ1) is 19.0. The summed E-state index contributed by atoms with van der Waals surface area (Å²) in [5, 5.41) is 7.30. The zero-order chi connectivity index (χ0) is 26.9. The standard InChI is InChI=1S/C27H24N8O3S/c1-34(2)19-7-6-16(13-18(19)33-25(36)20-5-3-12-38-20)32-23-22-17-8-11-35(27(37)24-28-9-4-10-29-24)14-21(17)39-26(22)31-15-30-23/h3-7,9-10,12-13,15H,8,11,14H2,1-2H3,(H,33,36)(H,30,31,32). The molecule has 2 N–H and O–H groups in total. The molecule has 1 aliphatic rings. The van der Waals surface area contributed by atoms with E-state index in [2.05, 4.69) is 30.6 Å². The number of aromatic nitrogens is 4. The third kappa shape index (κ3) is 4.77. The second-order valence-electron chi connectivity index (χ2n) is 9.14. The Kier molecular flexibility index (Phi) is 6.37. The number of nitrogens with one attached hydrogen (secondary N) is 2. The zero-order valence-corrected chi connectivity index (χ0v) is 22.0. The molecule has 0 spiro atoms. The van der Waals surface area contributed by atoms with E-state index in [0.29, 0.717) is 31.0 Å². The maximum absolute atomic E-state index is 12.9. The average Bonchev–Trinajstić information content (AvgIpc) is 3.62. The third-order valence-electron chi connectivity index (χ3n) is 6.42. The van der Waals surface area contributed by atoms with Gasteiger partial charge in [0.05, 0.1) is 29.6 Å². The molecule has 0 fully saturated rings. The molecule has 1 aliphatic heterocycles. The zero-order valence-electron chi connectivity index (χ0n) is 21.2. The van der Waals surface area contributed by atoms with Crippen LogP contribution in [0.15, 0.2) is 65.8 Å². The molecule has 39 heavy (non-hydrogen) atoms. The lowest BCUT2D eigenvalue weighted by Crippen LogP contribution is -2.36. The van der Waals surface area contributed by atoms with Crippen LogP contribution in [0, 0.1) is 0 Å². The molecule has 0 radical (unpaired) electrons. The van der Waals surface area contributed by atoms with Gasteiger partial charge >= 0.3 is 0 Å². The van der Waals surface area contributed by atoms with E-state index in [1.54, 1.807) is 46.8 Å². The molecule has 11 nitrogen and oxygen atoms in total. The minimum atomic E-state index is -0.336. The fourth-order valence-corrected chi connectivity index (χ4v) is 5.78. The molecule has 6 rings (SSSR count). The second-order valence-corrected chi connectivity index (χ2v) is 10.2. The Labute approximate surface area is 227 Å². The van der Waals surface area contributed by atoms with E-state index in [-0.39, 0.29) is 23.4 Å². The number of anilines is 4. The number of benzene rings is 1. The summed E-state index contributed by atoms with van der Waals surface area (Å²) in [4.78, 5) is 48.5. The highest BCUT2D eigenvalue weighted by Crippen LogP contribution is 2.39. The van der Waals surface area contributed by atoms with E-state index < -0.39 is 0 Å². The third-order valence-corrected chi connectivity index (χ3v) is 7.54. The number of furan rings is 1. The molecule has 2 amide bonds. The summed E-state index contributed by atoms with van der Waals surface area (Å²) in [6.45, 7) is 1.01. The maximum Gasteiger partial charge on any atom is 0.291 e. The lowest BCUT2D eigenvalue weighted by atomic mass is 10.0. The normalized spacial score (nSPS) is 12.7. The van der Waals surface area contributed by atoms with Crippen molar-refractivity contribution in [3.8, 4) is 0 Å². The minimum absolute atomic E-state index is 0.187. The number of thiophene rings is 1. The van der Waals surface area contributed by atoms with Crippen LogP contribution in [0.2, 0.25) is 0 Å². The number of fused-ring (bicyclic) bond motifs is 3. The smallest absolute Gasteiger partial charge is 0.291 e. The van der Waals surface area contributed by atoms with Gasteiger partial charge in [0.25, 0.3) is 11.8 Å². The number of carbonyl (C=O) groups is 2. The minimum Gasteiger partial charge on any atom is -0.459 e. The van der Waals surface area contributed by atoms with Crippen LogP contribution in [-0.4, -0.2) is 57.3 Å². The lowest BCUT2D eigenvalue weighted by Gasteiger charge is -2.26. The Morgan fingerprint density at radius 3 is 2.69 bits per heavy atom. The highest BCUT2D eigenvalue weighted by molar-refractivity contribution is 7.19. The van der Waals surface area contributed by atoms with E-state index in [1.807, 2.05) is 37.2 Å². The molecule has 12 heteroatoms. The first kappa shape index (κ1) is 24.5. The van der Waals surface area contributed by atoms with E-state index in [1.165, 1.54) is 12.6 Å². The Morgan fingerprint density at radius 1 is 1.08 bits per heavy atom. The van der Waals surface area contributed by atoms with E-state index in [4.69, 9.17) is 4.42 Å². The molecule has 0 bridgehead atoms. The summed E-state index contributed by atoms with van der Waals surface area (Å²) in [7, 11) is 3.82. The molecule has 5 heterocycles. The summed E-state index contributed by atoms with van der Waals surface area (Å²) < 4.78 is 5.24. The van der Waals surface area contributed by atoms with Gasteiger partial charge in [-0.1, -0.05) is 0 Å². The monoisotopic (exact) mass is 540 g/mol. The number of hydrogen-bond donors (Lipinski definition) is 2. The van der Waals surface area contributed by atoms with Crippen LogP contribution in [-0.2, 0) is 13.0 Å². The largest absolute Gasteiger partial charge is 0.459 e. The van der Waals surface area contributed by atoms with Crippen molar-refractivity contribution in [1.29, 1.82) is 0 Å². The van der Waals surface area contributed by atoms with Crippen molar-refractivity contribution in [3.63, 3.8) is 0 Å². The fraction of sp³-hybridized carbons (Fsp3) is 0.185. The van der Waals surface area contributed by atoms with Gasteiger partial charge in [0, 0.05) is 43.6 Å². The number of nitrogens with zero attached hydrogens (tertiary/aromatic N) is 6. The van der Waals surface area contributed by atoms with Gasteiger partial charge in [0.15, 0.2) is 5.76 Å². The SMILES string of the molecule is CN(C)c1ccc(Nc2ncnc3sc4c(c23)CCN(C(=O)c2ncccn2)C4)cc1NC(=O)c1ccco1. The molecule has 0 aliphatic carbocycles. The predicted molar refractivity (Wildman–Crippen MR) is 149 cm³/mol. The van der Waals surface area contributed by atoms with Crippen LogP contribution in [0.4, 0.5) is 22.9 Å². The molecule has 0 unspecified atom stereocenters. The summed E-state index contributed by atoms with van der Waals surface area (Å²) in [5.74, 6) is 0.571. The Hall–Kier alpha value is -4.84. The summed E-state index contributed by atoms with van der Waals surface area (Å²) >= 11 is 1.56. The first-order valence-corrected chi connectivity index (χ1v) is 13.0. The summed E-state index contributed by atoms with van der Waals surface area (Å²) in [6, 6.07) is 10.7. The van der Waals surface area contributed by atoms with Gasteiger partial charge in [0.1, 0.15) is 17.0 Å². The molecule has 196 valence electrons. The van der Waals surface area contributed by atoms with Gasteiger partial charge < -0.3 is 24.9 Å². The molecule has 1 aromatic carbocycles. The lowest BCUT2D eigenvalue weighted by molar-refractivity contribution is 0.0724. The van der Waals surface area contributed by atoms with Crippen molar-refractivity contribution in [1.82, 2.24) is 24.8 Å². The predicted octanol–water partition coefficient (Wildman–Crippen LogP) is 4.33. The van der Waals surface area contributed by atoms with Crippen molar-refractivity contribution in [2.45, 2.75) is 13.0 Å². The first-order valence-electron chi connectivity index (χ1n) is 12.2. The van der Waals surface area contributed by atoms with Crippen molar-refractivity contribution < 1.29 is 14.0 Å². The van der Waals surface area contributed by atoms with Crippen LogP contribution >= 0.6 is 11.3 Å². The summed E-state index contributed by atoms with van der Waals surface area (Å²) in [6.07, 6.45) is 6.80. The Bertz CT molecular complexity index is 1670. The number of hydrogen-bond acceptors (Lipinski definition) is 10. The van der Waals surface area contributed by atoms with Crippen LogP contribution in [0.1, 0.15) is 31.6 Å². The Morgan fingerprint density at radius 2 is 1.92 bits per heavy atom. The van der Waals surface area contributed by atoms with Crippen LogP contribution in [0.25, 0.3) is 10.2 Å². The Balaban J connectivity index is 1.29. The number of rotatable bonds is 6. The van der Waals surface area contributed by atoms with Crippen molar-refractivity contribution in [2.24, 2.45) is 0 Å². The maximum atomic E-state index is 12.9. The van der Waals surface area contributed by atoms with Crippen LogP contribution in [0.3, 0.4) is 0 Å². The van der Waals surface area contributed by atoms with Gasteiger partial charge in [-0.15, -0.1) is 11.3 Å². The van der Waals surface area contributed by atoms with Crippen molar-refractivity contribution in [2.75, 3.05) is 36.2 Å². The van der Waals surface area contributed by atoms with Gasteiger partial charge in [-0.2, -0.15) is 0 Å². The molecule has 4 aromatic heterocycles. The van der Waals surface area contributed by atoms with Crippen LogP contribution in [0.5, 0.6) is 0 Å². The molecule has 0 saturated heterocycles. The summed E-state index contributed by atoms with van der Waals surface area (Å²) in [5.41, 5.74) is 3.35. The highest BCUT2D eigenvalue weighted by Gasteiger charge is 2.28. The number of amides is 2. The topological polar surface area (TPSA) is 129 Å². The van der Waals surface area contributed by atoms with Gasteiger partial charge in [0.2, 0.25) is 5.82 Å². The molecule has 0 saturated carbocycles. The quantitative estimate of drug-likeness (QED) is 0.323. The highest BCUT2D eigenvalue weighted by atomic mass is 32.1. The number of carbonyl (C=O) groups excluding carboxylic acids is 2. The fourth-order valence-electron chi connectivity index (χ4n) is 4.58.